The molecule has 0 radical (unpaired) electrons. The third kappa shape index (κ3) is 3.61. The molecule has 0 aliphatic rings. The van der Waals surface area contributed by atoms with Gasteiger partial charge in [-0.05, 0) is 12.1 Å². The second-order valence-corrected chi connectivity index (χ2v) is 4.51. The highest BCUT2D eigenvalue weighted by Crippen LogP contribution is 2.24. The van der Waals surface area contributed by atoms with Gasteiger partial charge in [-0.3, -0.25) is 4.79 Å². The minimum atomic E-state index is -0.0764. The zero-order chi connectivity index (χ0) is 13.0. The maximum atomic E-state index is 11.6. The van der Waals surface area contributed by atoms with Crippen molar-refractivity contribution in [3.63, 3.8) is 0 Å². The molecule has 0 aliphatic carbocycles. The van der Waals surface area contributed by atoms with Crippen LogP contribution in [0.5, 0.6) is 0 Å². The molecule has 0 aliphatic heterocycles. The van der Waals surface area contributed by atoms with Crippen LogP contribution in [0.2, 0.25) is 5.02 Å². The number of halogens is 1. The summed E-state index contributed by atoms with van der Waals surface area (Å²) in [5, 5.41) is 9.82. The number of carbonyl (C=O) groups is 1. The summed E-state index contributed by atoms with van der Waals surface area (Å²) in [7, 11) is 5.22. The SMILES string of the molecule is CN(C)C(=O)CN(C)c1cc(Cl)ccc1CO. The molecule has 0 atom stereocenters. The first kappa shape index (κ1) is 13.8. The number of amides is 1. The van der Waals surface area contributed by atoms with Crippen LogP contribution in [-0.2, 0) is 11.4 Å². The molecule has 0 spiro atoms. The molecule has 0 aromatic heterocycles. The van der Waals surface area contributed by atoms with E-state index in [0.29, 0.717) is 5.02 Å². The normalized spacial score (nSPS) is 10.2. The summed E-state index contributed by atoms with van der Waals surface area (Å²) in [6.45, 7) is 0.174. The first-order valence-electron chi connectivity index (χ1n) is 5.26. The Hall–Kier alpha value is -1.26. The number of nitrogens with zero attached hydrogens (tertiary/aromatic N) is 2. The van der Waals surface area contributed by atoms with Gasteiger partial charge in [0, 0.05) is 37.4 Å². The average molecular weight is 257 g/mol. The maximum absolute atomic E-state index is 11.6. The van der Waals surface area contributed by atoms with Crippen LogP contribution in [0.1, 0.15) is 5.56 Å². The predicted molar refractivity (Wildman–Crippen MR) is 69.3 cm³/mol. The van der Waals surface area contributed by atoms with Crippen molar-refractivity contribution in [3.8, 4) is 0 Å². The summed E-state index contributed by atoms with van der Waals surface area (Å²) >= 11 is 5.91. The molecule has 1 aromatic carbocycles. The Labute approximate surface area is 106 Å². The summed E-state index contributed by atoms with van der Waals surface area (Å²) in [6, 6.07) is 5.22. The smallest absolute Gasteiger partial charge is 0.241 e. The molecule has 0 saturated carbocycles. The average Bonchev–Trinajstić information content (AvgIpc) is 2.28. The van der Waals surface area contributed by atoms with Crippen LogP contribution in [0.3, 0.4) is 0 Å². The first-order chi connectivity index (χ1) is 7.95. The van der Waals surface area contributed by atoms with Crippen molar-refractivity contribution in [2.45, 2.75) is 6.61 Å². The molecule has 0 bridgehead atoms. The van der Waals surface area contributed by atoms with Crippen molar-refractivity contribution in [2.75, 3.05) is 32.6 Å². The van der Waals surface area contributed by atoms with E-state index in [2.05, 4.69) is 0 Å². The van der Waals surface area contributed by atoms with Crippen LogP contribution in [0, 0.1) is 0 Å². The molecule has 4 nitrogen and oxygen atoms in total. The van der Waals surface area contributed by atoms with Gasteiger partial charge in [0.2, 0.25) is 5.91 Å². The number of aliphatic hydroxyl groups is 1. The molecular formula is C12H17ClN2O2. The van der Waals surface area contributed by atoms with Gasteiger partial charge in [0.25, 0.3) is 0 Å². The number of carbonyl (C=O) groups excluding carboxylic acids is 1. The fourth-order valence-electron chi connectivity index (χ4n) is 1.46. The van der Waals surface area contributed by atoms with E-state index in [1.54, 1.807) is 44.2 Å². The molecule has 0 heterocycles. The van der Waals surface area contributed by atoms with Crippen LogP contribution in [0.25, 0.3) is 0 Å². The van der Waals surface area contributed by atoms with E-state index in [1.807, 2.05) is 0 Å². The molecule has 17 heavy (non-hydrogen) atoms. The summed E-state index contributed by atoms with van der Waals surface area (Å²) in [5.74, 6) is -0.00337. The first-order valence-corrected chi connectivity index (χ1v) is 5.64. The van der Waals surface area contributed by atoms with Gasteiger partial charge in [0.1, 0.15) is 0 Å². The van der Waals surface area contributed by atoms with E-state index in [0.717, 1.165) is 11.3 Å². The molecule has 0 fully saturated rings. The molecule has 0 unspecified atom stereocenters. The molecule has 1 rings (SSSR count). The molecule has 94 valence electrons. The highest BCUT2D eigenvalue weighted by atomic mass is 35.5. The highest BCUT2D eigenvalue weighted by molar-refractivity contribution is 6.30. The third-order valence-corrected chi connectivity index (χ3v) is 2.74. The van der Waals surface area contributed by atoms with E-state index in [9.17, 15) is 9.90 Å². The third-order valence-electron chi connectivity index (χ3n) is 2.50. The lowest BCUT2D eigenvalue weighted by molar-refractivity contribution is -0.127. The van der Waals surface area contributed by atoms with Crippen LogP contribution in [0.4, 0.5) is 5.69 Å². The van der Waals surface area contributed by atoms with E-state index < -0.39 is 0 Å². The van der Waals surface area contributed by atoms with Crippen molar-refractivity contribution in [2.24, 2.45) is 0 Å². The number of rotatable bonds is 4. The monoisotopic (exact) mass is 256 g/mol. The lowest BCUT2D eigenvalue weighted by Gasteiger charge is -2.23. The molecule has 1 amide bonds. The van der Waals surface area contributed by atoms with Crippen molar-refractivity contribution in [1.29, 1.82) is 0 Å². The van der Waals surface area contributed by atoms with Gasteiger partial charge in [-0.2, -0.15) is 0 Å². The van der Waals surface area contributed by atoms with E-state index in [1.165, 1.54) is 4.90 Å². The molecule has 5 heteroatoms. The van der Waals surface area contributed by atoms with Gasteiger partial charge in [0.15, 0.2) is 0 Å². The molecule has 0 saturated heterocycles. The second-order valence-electron chi connectivity index (χ2n) is 4.08. The van der Waals surface area contributed by atoms with Crippen LogP contribution < -0.4 is 4.90 Å². The number of benzene rings is 1. The van der Waals surface area contributed by atoms with Gasteiger partial charge < -0.3 is 14.9 Å². The molecule has 1 aromatic rings. The van der Waals surface area contributed by atoms with E-state index in [-0.39, 0.29) is 19.1 Å². The Balaban J connectivity index is 2.91. The maximum Gasteiger partial charge on any atom is 0.241 e. The summed E-state index contributed by atoms with van der Waals surface area (Å²) in [6.07, 6.45) is 0. The van der Waals surface area contributed by atoms with Crippen LogP contribution >= 0.6 is 11.6 Å². The van der Waals surface area contributed by atoms with Crippen LogP contribution in [0.15, 0.2) is 18.2 Å². The zero-order valence-corrected chi connectivity index (χ0v) is 11.0. The van der Waals surface area contributed by atoms with Gasteiger partial charge in [-0.25, -0.2) is 0 Å². The van der Waals surface area contributed by atoms with Gasteiger partial charge in [0.05, 0.1) is 13.2 Å². The van der Waals surface area contributed by atoms with E-state index >= 15 is 0 Å². The second kappa shape index (κ2) is 5.89. The number of aliphatic hydroxyl groups excluding tert-OH is 1. The van der Waals surface area contributed by atoms with Crippen molar-refractivity contribution < 1.29 is 9.90 Å². The molecule has 1 N–H and O–H groups in total. The largest absolute Gasteiger partial charge is 0.392 e. The van der Waals surface area contributed by atoms with Gasteiger partial charge in [-0.1, -0.05) is 17.7 Å². The number of likely N-dealkylation sites (N-methyl/N-ethyl adjacent to an activating group) is 2. The van der Waals surface area contributed by atoms with Crippen molar-refractivity contribution in [3.05, 3.63) is 28.8 Å². The summed E-state index contributed by atoms with van der Waals surface area (Å²) < 4.78 is 0. The Morgan fingerprint density at radius 1 is 1.35 bits per heavy atom. The Morgan fingerprint density at radius 2 is 2.00 bits per heavy atom. The zero-order valence-electron chi connectivity index (χ0n) is 10.3. The van der Waals surface area contributed by atoms with Gasteiger partial charge in [-0.15, -0.1) is 0 Å². The Bertz CT molecular complexity index is 407. The Morgan fingerprint density at radius 3 is 2.53 bits per heavy atom. The van der Waals surface area contributed by atoms with E-state index in [4.69, 9.17) is 11.6 Å². The van der Waals surface area contributed by atoms with Gasteiger partial charge >= 0.3 is 0 Å². The minimum absolute atomic E-state index is 0.00337. The lowest BCUT2D eigenvalue weighted by atomic mass is 10.1. The quantitative estimate of drug-likeness (QED) is 0.885. The highest BCUT2D eigenvalue weighted by Gasteiger charge is 2.12. The standard InChI is InChI=1S/C12H17ClN2O2/c1-14(2)12(17)7-15(3)11-6-10(13)5-4-9(11)8-16/h4-6,16H,7-8H2,1-3H3. The number of anilines is 1. The minimum Gasteiger partial charge on any atom is -0.392 e. The predicted octanol–water partition coefficient (Wildman–Crippen LogP) is 1.36. The number of hydrogen-bond donors (Lipinski definition) is 1. The van der Waals surface area contributed by atoms with Crippen molar-refractivity contribution >= 4 is 23.2 Å². The lowest BCUT2D eigenvalue weighted by Crippen LogP contribution is -2.34. The number of hydrogen-bond acceptors (Lipinski definition) is 3. The summed E-state index contributed by atoms with van der Waals surface area (Å²) in [5.41, 5.74) is 1.53. The van der Waals surface area contributed by atoms with Crippen molar-refractivity contribution in [1.82, 2.24) is 4.90 Å². The fraction of sp³-hybridized carbons (Fsp3) is 0.417. The molecular weight excluding hydrogens is 240 g/mol. The van der Waals surface area contributed by atoms with Crippen LogP contribution in [-0.4, -0.2) is 43.6 Å². The topological polar surface area (TPSA) is 43.8 Å². The Kier molecular flexibility index (Phi) is 4.78. The summed E-state index contributed by atoms with van der Waals surface area (Å²) in [4.78, 5) is 14.9. The fourth-order valence-corrected chi connectivity index (χ4v) is 1.62.